The molecular formula is C12H12FN3O. The smallest absolute Gasteiger partial charge is 0.246 e. The van der Waals surface area contributed by atoms with E-state index in [1.807, 2.05) is 6.92 Å². The molecule has 88 valence electrons. The van der Waals surface area contributed by atoms with Crippen molar-refractivity contribution in [1.29, 1.82) is 0 Å². The molecule has 0 aliphatic rings. The van der Waals surface area contributed by atoms with Crippen LogP contribution in [0.3, 0.4) is 0 Å². The minimum Gasteiger partial charge on any atom is -0.322 e. The number of nitrogens with zero attached hydrogens (tertiary/aromatic N) is 2. The predicted molar refractivity (Wildman–Crippen MR) is 62.0 cm³/mol. The van der Waals surface area contributed by atoms with Crippen molar-refractivity contribution in [3.8, 4) is 0 Å². The highest BCUT2D eigenvalue weighted by Gasteiger charge is 2.07. The van der Waals surface area contributed by atoms with Gasteiger partial charge in [-0.2, -0.15) is 5.10 Å². The fourth-order valence-corrected chi connectivity index (χ4v) is 1.47. The third-order valence-electron chi connectivity index (χ3n) is 2.26. The fraction of sp³-hybridized carbons (Fsp3) is 0.167. The van der Waals surface area contributed by atoms with Crippen molar-refractivity contribution in [1.82, 2.24) is 9.78 Å². The zero-order valence-corrected chi connectivity index (χ0v) is 9.35. The molecule has 0 saturated heterocycles. The molecule has 1 amide bonds. The number of hydrogen-bond acceptors (Lipinski definition) is 2. The van der Waals surface area contributed by atoms with Crippen molar-refractivity contribution in [2.75, 3.05) is 5.32 Å². The lowest BCUT2D eigenvalue weighted by atomic mass is 10.2. The average molecular weight is 233 g/mol. The molecule has 1 N–H and O–H groups in total. The molecule has 1 heterocycles. The Morgan fingerprint density at radius 2 is 2.35 bits per heavy atom. The molecule has 2 rings (SSSR count). The summed E-state index contributed by atoms with van der Waals surface area (Å²) in [6, 6.07) is 6.30. The second-order valence-corrected chi connectivity index (χ2v) is 3.74. The van der Waals surface area contributed by atoms with Crippen LogP contribution in [0.25, 0.3) is 0 Å². The van der Waals surface area contributed by atoms with Gasteiger partial charge in [0.1, 0.15) is 12.4 Å². The second-order valence-electron chi connectivity index (χ2n) is 3.74. The van der Waals surface area contributed by atoms with Crippen molar-refractivity contribution in [2.24, 2.45) is 0 Å². The summed E-state index contributed by atoms with van der Waals surface area (Å²) in [6.45, 7) is 1.91. The molecule has 0 saturated carbocycles. The van der Waals surface area contributed by atoms with Crippen LogP contribution in [0, 0.1) is 12.7 Å². The molecule has 5 heteroatoms. The van der Waals surface area contributed by atoms with Crippen LogP contribution >= 0.6 is 0 Å². The number of carbonyl (C=O) groups is 1. The van der Waals surface area contributed by atoms with Gasteiger partial charge in [-0.05, 0) is 30.7 Å². The van der Waals surface area contributed by atoms with Gasteiger partial charge in [-0.15, -0.1) is 0 Å². The van der Waals surface area contributed by atoms with E-state index < -0.39 is 5.82 Å². The topological polar surface area (TPSA) is 46.9 Å². The first kappa shape index (κ1) is 11.3. The van der Waals surface area contributed by atoms with E-state index in [1.165, 1.54) is 10.7 Å². The molecule has 0 aliphatic heterocycles. The highest BCUT2D eigenvalue weighted by Crippen LogP contribution is 2.15. The number of anilines is 1. The lowest BCUT2D eigenvalue weighted by molar-refractivity contribution is -0.116. The van der Waals surface area contributed by atoms with E-state index in [1.54, 1.807) is 30.6 Å². The molecule has 1 aromatic heterocycles. The molecule has 0 aliphatic carbocycles. The Balaban J connectivity index is 2.05. The number of rotatable bonds is 3. The van der Waals surface area contributed by atoms with Gasteiger partial charge in [-0.3, -0.25) is 9.48 Å². The van der Waals surface area contributed by atoms with E-state index in [9.17, 15) is 9.18 Å². The largest absolute Gasteiger partial charge is 0.322 e. The monoisotopic (exact) mass is 233 g/mol. The van der Waals surface area contributed by atoms with Crippen LogP contribution < -0.4 is 5.32 Å². The van der Waals surface area contributed by atoms with Gasteiger partial charge in [0.05, 0.1) is 5.69 Å². The minimum atomic E-state index is -0.440. The Bertz CT molecular complexity index is 523. The van der Waals surface area contributed by atoms with Gasteiger partial charge in [-0.1, -0.05) is 6.07 Å². The van der Waals surface area contributed by atoms with Gasteiger partial charge in [0, 0.05) is 12.4 Å². The van der Waals surface area contributed by atoms with Gasteiger partial charge in [0.25, 0.3) is 0 Å². The van der Waals surface area contributed by atoms with Crippen molar-refractivity contribution in [3.63, 3.8) is 0 Å². The maximum atomic E-state index is 13.4. The zero-order valence-electron chi connectivity index (χ0n) is 9.35. The number of amides is 1. The van der Waals surface area contributed by atoms with Crippen LogP contribution in [-0.4, -0.2) is 15.7 Å². The summed E-state index contributed by atoms with van der Waals surface area (Å²) in [5.74, 6) is -0.748. The van der Waals surface area contributed by atoms with E-state index in [-0.39, 0.29) is 18.1 Å². The Morgan fingerprint density at radius 1 is 1.53 bits per heavy atom. The molecule has 0 bridgehead atoms. The maximum absolute atomic E-state index is 13.4. The third-order valence-corrected chi connectivity index (χ3v) is 2.26. The van der Waals surface area contributed by atoms with Gasteiger partial charge < -0.3 is 5.32 Å². The lowest BCUT2D eigenvalue weighted by Gasteiger charge is -2.07. The molecule has 17 heavy (non-hydrogen) atoms. The van der Waals surface area contributed by atoms with Gasteiger partial charge >= 0.3 is 0 Å². The third kappa shape index (κ3) is 2.90. The van der Waals surface area contributed by atoms with E-state index in [0.717, 1.165) is 5.56 Å². The molecule has 0 fully saturated rings. The molecule has 4 nitrogen and oxygen atoms in total. The van der Waals surface area contributed by atoms with Crippen molar-refractivity contribution in [3.05, 3.63) is 48.0 Å². The summed E-state index contributed by atoms with van der Waals surface area (Å²) < 4.78 is 14.8. The number of hydrogen-bond donors (Lipinski definition) is 1. The maximum Gasteiger partial charge on any atom is 0.246 e. The molecule has 0 radical (unpaired) electrons. The van der Waals surface area contributed by atoms with Crippen LogP contribution in [-0.2, 0) is 11.3 Å². The summed E-state index contributed by atoms with van der Waals surface area (Å²) in [7, 11) is 0. The summed E-state index contributed by atoms with van der Waals surface area (Å²) in [4.78, 5) is 11.6. The lowest BCUT2D eigenvalue weighted by Crippen LogP contribution is -2.19. The first-order valence-electron chi connectivity index (χ1n) is 5.18. The van der Waals surface area contributed by atoms with Gasteiger partial charge in [0.15, 0.2) is 0 Å². The van der Waals surface area contributed by atoms with Crippen LogP contribution in [0.2, 0.25) is 0 Å². The van der Waals surface area contributed by atoms with E-state index in [4.69, 9.17) is 0 Å². The van der Waals surface area contributed by atoms with Crippen molar-refractivity contribution >= 4 is 11.6 Å². The normalized spacial score (nSPS) is 10.2. The highest BCUT2D eigenvalue weighted by molar-refractivity contribution is 5.90. The second kappa shape index (κ2) is 4.78. The Hall–Kier alpha value is -2.17. The van der Waals surface area contributed by atoms with Crippen LogP contribution in [0.1, 0.15) is 5.56 Å². The summed E-state index contributed by atoms with van der Waals surface area (Å²) in [5, 5.41) is 6.41. The Labute approximate surface area is 98.1 Å². The number of benzene rings is 1. The number of aromatic nitrogens is 2. The average Bonchev–Trinajstić information content (AvgIpc) is 2.76. The summed E-state index contributed by atoms with van der Waals surface area (Å²) in [5.41, 5.74) is 1.09. The predicted octanol–water partition coefficient (Wildman–Crippen LogP) is 1.97. The minimum absolute atomic E-state index is 0.0698. The molecule has 1 aromatic carbocycles. The van der Waals surface area contributed by atoms with Gasteiger partial charge in [-0.25, -0.2) is 4.39 Å². The zero-order chi connectivity index (χ0) is 12.3. The Kier molecular flexibility index (Phi) is 3.18. The van der Waals surface area contributed by atoms with Crippen molar-refractivity contribution < 1.29 is 9.18 Å². The number of aryl methyl sites for hydroxylation is 1. The SMILES string of the molecule is Cc1ccc(F)c(NC(=O)Cn2cccn2)c1. The highest BCUT2D eigenvalue weighted by atomic mass is 19.1. The fourth-order valence-electron chi connectivity index (χ4n) is 1.47. The van der Waals surface area contributed by atoms with E-state index in [0.29, 0.717) is 0 Å². The standard InChI is InChI=1S/C12H12FN3O/c1-9-3-4-10(13)11(7-9)15-12(17)8-16-6-2-5-14-16/h2-7H,8H2,1H3,(H,15,17). The Morgan fingerprint density at radius 3 is 3.06 bits per heavy atom. The molecular weight excluding hydrogens is 221 g/mol. The van der Waals surface area contributed by atoms with Crippen molar-refractivity contribution in [2.45, 2.75) is 13.5 Å². The molecule has 0 spiro atoms. The molecule has 0 unspecified atom stereocenters. The number of halogens is 1. The summed E-state index contributed by atoms with van der Waals surface area (Å²) in [6.07, 6.45) is 3.26. The first-order valence-corrected chi connectivity index (χ1v) is 5.18. The van der Waals surface area contributed by atoms with Crippen LogP contribution in [0.5, 0.6) is 0 Å². The van der Waals surface area contributed by atoms with Crippen LogP contribution in [0.4, 0.5) is 10.1 Å². The van der Waals surface area contributed by atoms with E-state index >= 15 is 0 Å². The molecule has 2 aromatic rings. The van der Waals surface area contributed by atoms with Gasteiger partial charge in [0.2, 0.25) is 5.91 Å². The van der Waals surface area contributed by atoms with Crippen LogP contribution in [0.15, 0.2) is 36.7 Å². The quantitative estimate of drug-likeness (QED) is 0.881. The number of nitrogens with one attached hydrogen (secondary N) is 1. The first-order chi connectivity index (χ1) is 8.15. The molecule has 0 atom stereocenters. The number of carbonyl (C=O) groups excluding carboxylic acids is 1. The van der Waals surface area contributed by atoms with E-state index in [2.05, 4.69) is 10.4 Å². The summed E-state index contributed by atoms with van der Waals surface area (Å²) >= 11 is 0.